The maximum absolute atomic E-state index is 5.56. The molecule has 0 atom stereocenters. The molecule has 2 aromatic heterocycles. The predicted octanol–water partition coefficient (Wildman–Crippen LogP) is 1.40. The molecule has 0 spiro atoms. The van der Waals surface area contributed by atoms with Gasteiger partial charge in [0.2, 0.25) is 5.95 Å². The molecule has 1 saturated carbocycles. The minimum atomic E-state index is 0.440. The number of H-pyrrole nitrogens is 1. The molecule has 6 nitrogen and oxygen atoms in total. The summed E-state index contributed by atoms with van der Waals surface area (Å²) in [5.41, 5.74) is 6.73. The van der Waals surface area contributed by atoms with Crippen molar-refractivity contribution in [1.82, 2.24) is 20.2 Å². The fourth-order valence-corrected chi connectivity index (χ4v) is 1.55. The maximum Gasteiger partial charge on any atom is 0.230 e. The first-order valence-electron chi connectivity index (χ1n) is 5.22. The van der Waals surface area contributed by atoms with Gasteiger partial charge in [-0.25, -0.2) is 4.98 Å². The van der Waals surface area contributed by atoms with Crippen LogP contribution in [0.5, 0.6) is 0 Å². The van der Waals surface area contributed by atoms with Crippen LogP contribution in [-0.2, 0) is 0 Å². The van der Waals surface area contributed by atoms with Crippen LogP contribution < -0.4 is 11.1 Å². The Labute approximate surface area is 92.3 Å². The van der Waals surface area contributed by atoms with E-state index in [1.807, 2.05) is 6.07 Å². The molecule has 0 saturated heterocycles. The number of hydrogen-bond donors (Lipinski definition) is 3. The van der Waals surface area contributed by atoms with Crippen LogP contribution in [0.1, 0.15) is 24.5 Å². The molecule has 3 rings (SSSR count). The Morgan fingerprint density at radius 2 is 2.31 bits per heavy atom. The normalized spacial score (nSPS) is 15.0. The second kappa shape index (κ2) is 3.48. The Morgan fingerprint density at radius 1 is 1.44 bits per heavy atom. The molecule has 16 heavy (non-hydrogen) atoms. The van der Waals surface area contributed by atoms with E-state index in [0.29, 0.717) is 17.7 Å². The number of aromatic amines is 1. The van der Waals surface area contributed by atoms with Gasteiger partial charge < -0.3 is 11.1 Å². The van der Waals surface area contributed by atoms with Gasteiger partial charge in [-0.05, 0) is 18.9 Å². The molecule has 0 aromatic carbocycles. The average molecular weight is 216 g/mol. The number of nitrogens with one attached hydrogen (secondary N) is 2. The highest BCUT2D eigenvalue weighted by Gasteiger charge is 2.25. The van der Waals surface area contributed by atoms with E-state index < -0.39 is 0 Å². The molecule has 82 valence electrons. The molecule has 1 aliphatic rings. The van der Waals surface area contributed by atoms with Crippen LogP contribution in [0.3, 0.4) is 0 Å². The number of rotatable bonds is 3. The van der Waals surface area contributed by atoms with Crippen LogP contribution in [0, 0.1) is 0 Å². The number of nitrogen functional groups attached to an aromatic ring is 1. The number of nitrogens with zero attached hydrogens (tertiary/aromatic N) is 3. The van der Waals surface area contributed by atoms with Crippen molar-refractivity contribution >= 4 is 17.6 Å². The molecule has 0 unspecified atom stereocenters. The summed E-state index contributed by atoms with van der Waals surface area (Å²) in [6.07, 6.45) is 4.10. The zero-order valence-corrected chi connectivity index (χ0v) is 8.64. The van der Waals surface area contributed by atoms with Crippen molar-refractivity contribution in [3.05, 3.63) is 24.0 Å². The van der Waals surface area contributed by atoms with Crippen LogP contribution in [0.15, 0.2) is 18.3 Å². The van der Waals surface area contributed by atoms with Crippen molar-refractivity contribution in [2.45, 2.75) is 18.8 Å². The largest absolute Gasteiger partial charge is 0.384 e. The lowest BCUT2D eigenvalue weighted by Crippen LogP contribution is -1.99. The molecule has 2 heterocycles. The smallest absolute Gasteiger partial charge is 0.230 e. The SMILES string of the molecule is Nc1ccnc(Nc2cc(C3CC3)[nH]n2)n1. The second-order valence-electron chi connectivity index (χ2n) is 3.91. The molecule has 1 fully saturated rings. The quantitative estimate of drug-likeness (QED) is 0.721. The van der Waals surface area contributed by atoms with Gasteiger partial charge in [0.25, 0.3) is 0 Å². The molecule has 0 aliphatic heterocycles. The lowest BCUT2D eigenvalue weighted by atomic mass is 10.3. The first-order chi connectivity index (χ1) is 7.81. The molecule has 4 N–H and O–H groups in total. The Balaban J connectivity index is 1.77. The fraction of sp³-hybridized carbons (Fsp3) is 0.300. The minimum Gasteiger partial charge on any atom is -0.384 e. The molecule has 6 heteroatoms. The summed E-state index contributed by atoms with van der Waals surface area (Å²) in [6, 6.07) is 3.63. The van der Waals surface area contributed by atoms with E-state index in [-0.39, 0.29) is 0 Å². The molecule has 0 bridgehead atoms. The lowest BCUT2D eigenvalue weighted by Gasteiger charge is -1.99. The Hall–Kier alpha value is -2.11. The summed E-state index contributed by atoms with van der Waals surface area (Å²) >= 11 is 0. The van der Waals surface area contributed by atoms with Gasteiger partial charge in [0.15, 0.2) is 5.82 Å². The lowest BCUT2D eigenvalue weighted by molar-refractivity contribution is 0.965. The zero-order valence-electron chi connectivity index (χ0n) is 8.64. The highest BCUT2D eigenvalue weighted by Crippen LogP contribution is 2.39. The molecular formula is C10H12N6. The summed E-state index contributed by atoms with van der Waals surface area (Å²) in [5.74, 6) is 2.29. The number of aromatic nitrogens is 4. The van der Waals surface area contributed by atoms with Crippen molar-refractivity contribution in [3.63, 3.8) is 0 Å². The van der Waals surface area contributed by atoms with Crippen molar-refractivity contribution in [1.29, 1.82) is 0 Å². The van der Waals surface area contributed by atoms with Crippen molar-refractivity contribution in [3.8, 4) is 0 Å². The van der Waals surface area contributed by atoms with E-state index in [2.05, 4.69) is 25.5 Å². The summed E-state index contributed by atoms with van der Waals surface area (Å²) in [5, 5.41) is 10.2. The molecular weight excluding hydrogens is 204 g/mol. The Morgan fingerprint density at radius 3 is 3.06 bits per heavy atom. The molecule has 0 radical (unpaired) electrons. The second-order valence-corrected chi connectivity index (χ2v) is 3.91. The summed E-state index contributed by atoms with van der Waals surface area (Å²) in [7, 11) is 0. The van der Waals surface area contributed by atoms with Gasteiger partial charge in [-0.2, -0.15) is 10.1 Å². The van der Waals surface area contributed by atoms with Crippen LogP contribution in [0.2, 0.25) is 0 Å². The van der Waals surface area contributed by atoms with Crippen molar-refractivity contribution in [2.24, 2.45) is 0 Å². The van der Waals surface area contributed by atoms with Crippen LogP contribution in [-0.4, -0.2) is 20.2 Å². The van der Waals surface area contributed by atoms with Crippen molar-refractivity contribution < 1.29 is 0 Å². The Bertz CT molecular complexity index is 502. The average Bonchev–Trinajstić information content (AvgIpc) is 3.01. The number of hydrogen-bond acceptors (Lipinski definition) is 5. The van der Waals surface area contributed by atoms with Gasteiger partial charge in [0.1, 0.15) is 5.82 Å². The van der Waals surface area contributed by atoms with E-state index in [9.17, 15) is 0 Å². The van der Waals surface area contributed by atoms with Crippen LogP contribution in [0.25, 0.3) is 0 Å². The van der Waals surface area contributed by atoms with Crippen LogP contribution >= 0.6 is 0 Å². The number of anilines is 3. The first-order valence-corrected chi connectivity index (χ1v) is 5.22. The summed E-state index contributed by atoms with van der Waals surface area (Å²) in [4.78, 5) is 8.09. The fourth-order valence-electron chi connectivity index (χ4n) is 1.55. The van der Waals surface area contributed by atoms with Crippen molar-refractivity contribution in [2.75, 3.05) is 11.1 Å². The van der Waals surface area contributed by atoms with E-state index in [1.54, 1.807) is 12.3 Å². The zero-order chi connectivity index (χ0) is 11.0. The Kier molecular flexibility index (Phi) is 1.99. The third-order valence-electron chi connectivity index (χ3n) is 2.53. The van der Waals surface area contributed by atoms with Gasteiger partial charge in [-0.1, -0.05) is 0 Å². The summed E-state index contributed by atoms with van der Waals surface area (Å²) in [6.45, 7) is 0. The van der Waals surface area contributed by atoms with E-state index >= 15 is 0 Å². The summed E-state index contributed by atoms with van der Waals surface area (Å²) < 4.78 is 0. The maximum atomic E-state index is 5.56. The van der Waals surface area contributed by atoms with E-state index in [1.165, 1.54) is 18.5 Å². The minimum absolute atomic E-state index is 0.440. The molecule has 2 aromatic rings. The standard InChI is InChI=1S/C10H12N6/c11-8-3-4-12-10(13-8)14-9-5-7(15-16-9)6-1-2-6/h3-6H,1-2H2,(H4,11,12,13,14,15,16). The predicted molar refractivity (Wildman–Crippen MR) is 60.3 cm³/mol. The van der Waals surface area contributed by atoms with E-state index in [4.69, 9.17) is 5.73 Å². The van der Waals surface area contributed by atoms with Gasteiger partial charge in [-0.3, -0.25) is 5.10 Å². The topological polar surface area (TPSA) is 92.5 Å². The van der Waals surface area contributed by atoms with Crippen LogP contribution in [0.4, 0.5) is 17.6 Å². The number of nitrogens with two attached hydrogens (primary N) is 1. The highest BCUT2D eigenvalue weighted by molar-refractivity contribution is 5.50. The monoisotopic (exact) mass is 216 g/mol. The third kappa shape index (κ3) is 1.81. The third-order valence-corrected chi connectivity index (χ3v) is 2.53. The highest BCUT2D eigenvalue weighted by atomic mass is 15.2. The van der Waals surface area contributed by atoms with Gasteiger partial charge in [0.05, 0.1) is 0 Å². The first kappa shape index (κ1) is 9.14. The van der Waals surface area contributed by atoms with Gasteiger partial charge in [-0.15, -0.1) is 0 Å². The van der Waals surface area contributed by atoms with Gasteiger partial charge >= 0.3 is 0 Å². The van der Waals surface area contributed by atoms with Gasteiger partial charge in [0, 0.05) is 23.9 Å². The molecule has 1 aliphatic carbocycles. The molecule has 0 amide bonds. The van der Waals surface area contributed by atoms with E-state index in [0.717, 1.165) is 5.82 Å².